The molecule has 9 heteroatoms. The second kappa shape index (κ2) is 7.73. The largest absolute Gasteiger partial charge is 0.405 e. The predicted molar refractivity (Wildman–Crippen MR) is 82.5 cm³/mol. The molecule has 0 aliphatic rings. The van der Waals surface area contributed by atoms with Crippen LogP contribution >= 0.6 is 0 Å². The number of aromatic nitrogens is 1. The molecular formula is C15H15F3N4O2. The summed E-state index contributed by atoms with van der Waals surface area (Å²) in [6.07, 6.45) is -3.24. The zero-order valence-electron chi connectivity index (χ0n) is 12.5. The number of halogens is 3. The number of benzene rings is 1. The molecule has 1 atom stereocenters. The average molecular weight is 340 g/mol. The van der Waals surface area contributed by atoms with E-state index in [1.807, 2.05) is 0 Å². The van der Waals surface area contributed by atoms with Crippen LogP contribution in [0.2, 0.25) is 0 Å². The molecule has 2 aromatic rings. The Kier molecular flexibility index (Phi) is 5.69. The molecule has 1 aromatic heterocycles. The number of anilines is 1. The summed E-state index contributed by atoms with van der Waals surface area (Å²) in [7, 11) is 0. The van der Waals surface area contributed by atoms with Crippen LogP contribution in [0.15, 0.2) is 48.7 Å². The monoisotopic (exact) mass is 340 g/mol. The van der Waals surface area contributed by atoms with Crippen LogP contribution in [0.25, 0.3) is 0 Å². The van der Waals surface area contributed by atoms with Crippen molar-refractivity contribution in [2.45, 2.75) is 18.8 Å². The van der Waals surface area contributed by atoms with E-state index in [-0.39, 0.29) is 18.1 Å². The molecule has 128 valence electrons. The van der Waals surface area contributed by atoms with Gasteiger partial charge >= 0.3 is 11.9 Å². The zero-order valence-corrected chi connectivity index (χ0v) is 12.5. The van der Waals surface area contributed by atoms with Crippen molar-refractivity contribution < 1.29 is 18.1 Å². The van der Waals surface area contributed by atoms with Crippen LogP contribution in [0, 0.1) is 10.1 Å². The second-order valence-electron chi connectivity index (χ2n) is 4.97. The lowest BCUT2D eigenvalue weighted by Crippen LogP contribution is -2.46. The fraction of sp³-hybridized carbons (Fsp3) is 0.267. The predicted octanol–water partition coefficient (Wildman–Crippen LogP) is 3.12. The molecule has 1 heterocycles. The van der Waals surface area contributed by atoms with Gasteiger partial charge in [-0.1, -0.05) is 30.3 Å². The fourth-order valence-corrected chi connectivity index (χ4v) is 2.02. The maximum absolute atomic E-state index is 13.1. The number of hydrogen-bond donors (Lipinski definition) is 2. The van der Waals surface area contributed by atoms with Gasteiger partial charge in [0.25, 0.3) is 0 Å². The van der Waals surface area contributed by atoms with Crippen LogP contribution in [0.1, 0.15) is 5.56 Å². The Morgan fingerprint density at radius 1 is 1.17 bits per heavy atom. The maximum Gasteiger partial charge on any atom is 0.405 e. The molecule has 1 unspecified atom stereocenters. The van der Waals surface area contributed by atoms with E-state index in [0.717, 1.165) is 0 Å². The lowest BCUT2D eigenvalue weighted by atomic mass is 10.2. The van der Waals surface area contributed by atoms with Crippen LogP contribution in [0.5, 0.6) is 0 Å². The van der Waals surface area contributed by atoms with Crippen molar-refractivity contribution in [3.63, 3.8) is 0 Å². The van der Waals surface area contributed by atoms with Crippen molar-refractivity contribution in [2.24, 2.45) is 0 Å². The molecular weight excluding hydrogens is 325 g/mol. The number of rotatable bonds is 7. The van der Waals surface area contributed by atoms with Crippen LogP contribution in [0.3, 0.4) is 0 Å². The van der Waals surface area contributed by atoms with E-state index in [2.05, 4.69) is 15.6 Å². The minimum atomic E-state index is -4.51. The Bertz CT molecular complexity index is 680. The zero-order chi connectivity index (χ0) is 17.6. The second-order valence-corrected chi connectivity index (χ2v) is 4.97. The molecule has 6 nitrogen and oxygen atoms in total. The third-order valence-electron chi connectivity index (χ3n) is 3.25. The quantitative estimate of drug-likeness (QED) is 0.598. The van der Waals surface area contributed by atoms with Gasteiger partial charge in [0.05, 0.1) is 4.92 Å². The summed E-state index contributed by atoms with van der Waals surface area (Å²) in [5, 5.41) is 15.7. The minimum absolute atomic E-state index is 0.0248. The molecule has 0 saturated carbocycles. The van der Waals surface area contributed by atoms with Gasteiger partial charge in [-0.2, -0.15) is 13.2 Å². The summed E-state index contributed by atoms with van der Waals surface area (Å²) in [6.45, 7) is -0.550. The number of alkyl halides is 3. The Morgan fingerprint density at radius 3 is 2.50 bits per heavy atom. The first kappa shape index (κ1) is 17.7. The molecule has 0 aliphatic heterocycles. The van der Waals surface area contributed by atoms with Crippen molar-refractivity contribution >= 4 is 11.5 Å². The van der Waals surface area contributed by atoms with Gasteiger partial charge in [0.1, 0.15) is 6.04 Å². The van der Waals surface area contributed by atoms with Gasteiger partial charge in [0, 0.05) is 25.4 Å². The molecule has 2 N–H and O–H groups in total. The van der Waals surface area contributed by atoms with E-state index in [1.54, 1.807) is 30.3 Å². The van der Waals surface area contributed by atoms with Gasteiger partial charge in [-0.05, 0) is 11.6 Å². The lowest BCUT2D eigenvalue weighted by molar-refractivity contribution is -0.384. The topological polar surface area (TPSA) is 80.1 Å². The highest BCUT2D eigenvalue weighted by Gasteiger charge is 2.39. The van der Waals surface area contributed by atoms with Gasteiger partial charge in [0.2, 0.25) is 5.82 Å². The summed E-state index contributed by atoms with van der Waals surface area (Å²) >= 11 is 0. The van der Waals surface area contributed by atoms with Crippen LogP contribution in [0.4, 0.5) is 24.7 Å². The number of pyridine rings is 1. The van der Waals surface area contributed by atoms with Gasteiger partial charge in [0.15, 0.2) is 0 Å². The summed E-state index contributed by atoms with van der Waals surface area (Å²) in [5.41, 5.74) is 0.331. The van der Waals surface area contributed by atoms with Gasteiger partial charge < -0.3 is 10.6 Å². The van der Waals surface area contributed by atoms with E-state index < -0.39 is 23.7 Å². The standard InChI is InChI=1S/C15H15F3N4O2/c16-15(17,18)13(20-9-11-5-2-1-3-6-11)10-21-14-12(22(23)24)7-4-8-19-14/h1-8,13,20H,9-10H2,(H,19,21). The summed E-state index contributed by atoms with van der Waals surface area (Å²) in [4.78, 5) is 13.9. The number of nitrogens with one attached hydrogen (secondary N) is 2. The van der Waals surface area contributed by atoms with Gasteiger partial charge in [-0.3, -0.25) is 10.1 Å². The first-order valence-corrected chi connectivity index (χ1v) is 7.05. The Morgan fingerprint density at radius 2 is 1.88 bits per heavy atom. The van der Waals surface area contributed by atoms with Gasteiger partial charge in [-0.15, -0.1) is 0 Å². The molecule has 0 bridgehead atoms. The van der Waals surface area contributed by atoms with Crippen molar-refractivity contribution in [1.29, 1.82) is 0 Å². The van der Waals surface area contributed by atoms with E-state index in [0.29, 0.717) is 5.56 Å². The van der Waals surface area contributed by atoms with Crippen LogP contribution < -0.4 is 10.6 Å². The minimum Gasteiger partial charge on any atom is -0.362 e. The molecule has 0 fully saturated rings. The Hall–Kier alpha value is -2.68. The maximum atomic E-state index is 13.1. The number of nitro groups is 1. The molecule has 0 aliphatic carbocycles. The molecule has 1 aromatic carbocycles. The SMILES string of the molecule is O=[N+]([O-])c1cccnc1NCC(NCc1ccccc1)C(F)(F)F. The van der Waals surface area contributed by atoms with E-state index >= 15 is 0 Å². The molecule has 2 rings (SSSR count). The van der Waals surface area contributed by atoms with Gasteiger partial charge in [-0.25, -0.2) is 4.98 Å². The van der Waals surface area contributed by atoms with E-state index in [4.69, 9.17) is 0 Å². The van der Waals surface area contributed by atoms with E-state index in [1.165, 1.54) is 18.3 Å². The highest BCUT2D eigenvalue weighted by atomic mass is 19.4. The molecule has 0 amide bonds. The highest BCUT2D eigenvalue weighted by Crippen LogP contribution is 2.24. The first-order valence-electron chi connectivity index (χ1n) is 7.05. The van der Waals surface area contributed by atoms with Crippen molar-refractivity contribution in [2.75, 3.05) is 11.9 Å². The Balaban J connectivity index is 2.03. The third-order valence-corrected chi connectivity index (χ3v) is 3.25. The number of nitrogens with zero attached hydrogens (tertiary/aromatic N) is 2. The summed E-state index contributed by atoms with van der Waals surface area (Å²) < 4.78 is 39.4. The van der Waals surface area contributed by atoms with Crippen molar-refractivity contribution in [3.05, 3.63) is 64.3 Å². The molecule has 24 heavy (non-hydrogen) atoms. The third kappa shape index (κ3) is 4.92. The average Bonchev–Trinajstić information content (AvgIpc) is 2.54. The van der Waals surface area contributed by atoms with Crippen LogP contribution in [-0.2, 0) is 6.54 Å². The number of hydrogen-bond acceptors (Lipinski definition) is 5. The normalized spacial score (nSPS) is 12.6. The lowest BCUT2D eigenvalue weighted by Gasteiger charge is -2.22. The fourth-order valence-electron chi connectivity index (χ4n) is 2.02. The van der Waals surface area contributed by atoms with E-state index in [9.17, 15) is 23.3 Å². The van der Waals surface area contributed by atoms with Crippen molar-refractivity contribution in [1.82, 2.24) is 10.3 Å². The Labute approximate surface area is 135 Å². The summed E-state index contributed by atoms with van der Waals surface area (Å²) in [6, 6.07) is 9.29. The van der Waals surface area contributed by atoms with Crippen LogP contribution in [-0.4, -0.2) is 28.7 Å². The molecule has 0 spiro atoms. The highest BCUT2D eigenvalue weighted by molar-refractivity contribution is 5.55. The van der Waals surface area contributed by atoms with Crippen molar-refractivity contribution in [3.8, 4) is 0 Å². The first-order chi connectivity index (χ1) is 11.4. The summed E-state index contributed by atoms with van der Waals surface area (Å²) in [5.74, 6) is -0.196. The smallest absolute Gasteiger partial charge is 0.362 e. The molecule has 0 radical (unpaired) electrons. The molecule has 0 saturated heterocycles.